The molecule has 1 aliphatic carbocycles. The van der Waals surface area contributed by atoms with Crippen molar-refractivity contribution in [3.8, 4) is 0 Å². The second kappa shape index (κ2) is 2.98. The summed E-state index contributed by atoms with van der Waals surface area (Å²) in [4.78, 5) is 0. The zero-order valence-corrected chi connectivity index (χ0v) is 7.58. The molecule has 0 spiro atoms. The van der Waals surface area contributed by atoms with Gasteiger partial charge in [-0.15, -0.1) is 11.6 Å². The largest absolute Gasteiger partial charge is 0.118 e. The van der Waals surface area contributed by atoms with Gasteiger partial charge in [0.15, 0.2) is 0 Å². The molecule has 10 heavy (non-hydrogen) atoms. The lowest BCUT2D eigenvalue weighted by atomic mass is 9.99. The van der Waals surface area contributed by atoms with Gasteiger partial charge in [-0.1, -0.05) is 30.7 Å². The summed E-state index contributed by atoms with van der Waals surface area (Å²) in [5, 5.41) is 0.951. The first-order valence-electron chi connectivity index (χ1n) is 3.31. The third-order valence-electron chi connectivity index (χ3n) is 1.70. The monoisotopic (exact) mass is 176 g/mol. The van der Waals surface area contributed by atoms with E-state index in [-0.39, 0.29) is 5.38 Å². The van der Waals surface area contributed by atoms with Gasteiger partial charge in [0.05, 0.1) is 5.38 Å². The van der Waals surface area contributed by atoms with Crippen molar-refractivity contribution in [2.45, 2.75) is 19.2 Å². The molecule has 56 valence electrons. The molecule has 1 aliphatic rings. The van der Waals surface area contributed by atoms with Gasteiger partial charge >= 0.3 is 0 Å². The summed E-state index contributed by atoms with van der Waals surface area (Å²) < 4.78 is 0. The highest BCUT2D eigenvalue weighted by Gasteiger charge is 2.15. The second-order valence-electron chi connectivity index (χ2n) is 2.67. The van der Waals surface area contributed by atoms with Crippen LogP contribution >= 0.6 is 23.2 Å². The first-order chi connectivity index (χ1) is 4.61. The van der Waals surface area contributed by atoms with Crippen LogP contribution in [0.15, 0.2) is 22.8 Å². The van der Waals surface area contributed by atoms with Crippen LogP contribution in [-0.4, -0.2) is 5.38 Å². The standard InChI is InChI=1S/C8H10Cl2/c1-5-3-8(10)6(2)4-7(5)9/h3-5,7H,1-2H3. The lowest BCUT2D eigenvalue weighted by Gasteiger charge is -2.17. The van der Waals surface area contributed by atoms with E-state index in [1.165, 1.54) is 0 Å². The Morgan fingerprint density at radius 3 is 2.50 bits per heavy atom. The van der Waals surface area contributed by atoms with Crippen molar-refractivity contribution in [3.05, 3.63) is 22.8 Å². The Bertz CT molecular complexity index is 169. The molecule has 0 aliphatic heterocycles. The topological polar surface area (TPSA) is 0 Å². The van der Waals surface area contributed by atoms with E-state index in [0.29, 0.717) is 5.92 Å². The zero-order valence-electron chi connectivity index (χ0n) is 6.07. The van der Waals surface area contributed by atoms with Gasteiger partial charge in [0.25, 0.3) is 0 Å². The SMILES string of the molecule is CC1=CC(Cl)C(C)C=C1Cl. The van der Waals surface area contributed by atoms with Gasteiger partial charge in [0.1, 0.15) is 0 Å². The minimum atomic E-state index is 0.113. The molecule has 0 nitrogen and oxygen atoms in total. The van der Waals surface area contributed by atoms with Crippen molar-refractivity contribution in [1.82, 2.24) is 0 Å². The van der Waals surface area contributed by atoms with E-state index >= 15 is 0 Å². The number of allylic oxidation sites excluding steroid dienone is 4. The highest BCUT2D eigenvalue weighted by atomic mass is 35.5. The van der Waals surface area contributed by atoms with E-state index in [1.807, 2.05) is 19.1 Å². The molecule has 0 radical (unpaired) electrons. The fourth-order valence-electron chi connectivity index (χ4n) is 0.924. The molecule has 0 aromatic heterocycles. The van der Waals surface area contributed by atoms with Crippen LogP contribution in [0.1, 0.15) is 13.8 Å². The molecule has 0 aromatic carbocycles. The van der Waals surface area contributed by atoms with Crippen molar-refractivity contribution in [1.29, 1.82) is 0 Å². The lowest BCUT2D eigenvalue weighted by Crippen LogP contribution is -2.10. The smallest absolute Gasteiger partial charge is 0.0582 e. The lowest BCUT2D eigenvalue weighted by molar-refractivity contribution is 0.736. The number of hydrogen-bond donors (Lipinski definition) is 0. The number of alkyl halides is 1. The van der Waals surface area contributed by atoms with Gasteiger partial charge in [0, 0.05) is 5.03 Å². The van der Waals surface area contributed by atoms with Crippen molar-refractivity contribution < 1.29 is 0 Å². The predicted octanol–water partition coefficient (Wildman–Crippen LogP) is 3.31. The maximum atomic E-state index is 5.95. The quantitative estimate of drug-likeness (QED) is 0.498. The second-order valence-corrected chi connectivity index (χ2v) is 3.58. The first-order valence-corrected chi connectivity index (χ1v) is 4.13. The minimum Gasteiger partial charge on any atom is -0.118 e. The van der Waals surface area contributed by atoms with E-state index in [1.54, 1.807) is 0 Å². The Hall–Kier alpha value is 0.0600. The predicted molar refractivity (Wildman–Crippen MR) is 46.5 cm³/mol. The summed E-state index contributed by atoms with van der Waals surface area (Å²) in [6, 6.07) is 0. The summed E-state index contributed by atoms with van der Waals surface area (Å²) in [6.07, 6.45) is 3.99. The Balaban J connectivity index is 2.83. The van der Waals surface area contributed by atoms with Crippen LogP contribution in [0, 0.1) is 5.92 Å². The van der Waals surface area contributed by atoms with Crippen LogP contribution in [0.5, 0.6) is 0 Å². The third-order valence-corrected chi connectivity index (χ3v) is 2.64. The van der Waals surface area contributed by atoms with E-state index in [9.17, 15) is 0 Å². The summed E-state index contributed by atoms with van der Waals surface area (Å²) in [5.74, 6) is 0.359. The molecular formula is C8H10Cl2. The normalized spacial score (nSPS) is 33.2. The van der Waals surface area contributed by atoms with Crippen LogP contribution in [0.25, 0.3) is 0 Å². The van der Waals surface area contributed by atoms with Gasteiger partial charge < -0.3 is 0 Å². The highest BCUT2D eigenvalue weighted by molar-refractivity contribution is 6.32. The molecule has 0 amide bonds. The van der Waals surface area contributed by atoms with Crippen molar-refractivity contribution in [2.24, 2.45) is 5.92 Å². The van der Waals surface area contributed by atoms with Gasteiger partial charge in [-0.3, -0.25) is 0 Å². The van der Waals surface area contributed by atoms with E-state index < -0.39 is 0 Å². The van der Waals surface area contributed by atoms with E-state index in [0.717, 1.165) is 10.6 Å². The Labute approximate surface area is 71.5 Å². The van der Waals surface area contributed by atoms with E-state index in [4.69, 9.17) is 23.2 Å². The molecule has 2 atom stereocenters. The van der Waals surface area contributed by atoms with Crippen LogP contribution < -0.4 is 0 Å². The average molecular weight is 177 g/mol. The zero-order chi connectivity index (χ0) is 7.72. The molecule has 0 bridgehead atoms. The molecule has 0 N–H and O–H groups in total. The molecule has 0 fully saturated rings. The van der Waals surface area contributed by atoms with Crippen molar-refractivity contribution in [3.63, 3.8) is 0 Å². The van der Waals surface area contributed by atoms with Gasteiger partial charge in [-0.05, 0) is 18.4 Å². The van der Waals surface area contributed by atoms with Gasteiger partial charge in [-0.25, -0.2) is 0 Å². The van der Waals surface area contributed by atoms with Crippen molar-refractivity contribution in [2.75, 3.05) is 0 Å². The van der Waals surface area contributed by atoms with Crippen LogP contribution in [0.4, 0.5) is 0 Å². The Morgan fingerprint density at radius 1 is 1.40 bits per heavy atom. The number of hydrogen-bond acceptors (Lipinski definition) is 0. The fourth-order valence-corrected chi connectivity index (χ4v) is 1.45. The highest BCUT2D eigenvalue weighted by Crippen LogP contribution is 2.28. The average Bonchev–Trinajstić information content (AvgIpc) is 1.84. The maximum Gasteiger partial charge on any atom is 0.0582 e. The van der Waals surface area contributed by atoms with Crippen LogP contribution in [0.2, 0.25) is 0 Å². The summed E-state index contributed by atoms with van der Waals surface area (Å²) >= 11 is 11.8. The van der Waals surface area contributed by atoms with Crippen LogP contribution in [-0.2, 0) is 0 Å². The molecule has 2 heteroatoms. The molecule has 1 rings (SSSR count). The summed E-state index contributed by atoms with van der Waals surface area (Å²) in [5.41, 5.74) is 1.08. The minimum absolute atomic E-state index is 0.113. The van der Waals surface area contributed by atoms with Gasteiger partial charge in [-0.2, -0.15) is 0 Å². The molecular weight excluding hydrogens is 167 g/mol. The molecule has 2 unspecified atom stereocenters. The maximum absolute atomic E-state index is 5.95. The van der Waals surface area contributed by atoms with E-state index in [2.05, 4.69) is 6.92 Å². The summed E-state index contributed by atoms with van der Waals surface area (Å²) in [6.45, 7) is 4.03. The molecule has 0 saturated heterocycles. The summed E-state index contributed by atoms with van der Waals surface area (Å²) in [7, 11) is 0. The van der Waals surface area contributed by atoms with Gasteiger partial charge in [0.2, 0.25) is 0 Å². The Kier molecular flexibility index (Phi) is 2.43. The molecule has 0 saturated carbocycles. The number of rotatable bonds is 0. The third kappa shape index (κ3) is 1.56. The first kappa shape index (κ1) is 8.16. The van der Waals surface area contributed by atoms with Crippen LogP contribution in [0.3, 0.4) is 0 Å². The molecule has 0 heterocycles. The fraction of sp³-hybridized carbons (Fsp3) is 0.500. The number of halogens is 2. The Morgan fingerprint density at radius 2 is 2.00 bits per heavy atom. The van der Waals surface area contributed by atoms with Crippen molar-refractivity contribution >= 4 is 23.2 Å². The molecule has 0 aromatic rings.